The summed E-state index contributed by atoms with van der Waals surface area (Å²) in [6.07, 6.45) is -2.64. The quantitative estimate of drug-likeness (QED) is 0.849. The van der Waals surface area contributed by atoms with Crippen LogP contribution in [-0.2, 0) is 6.18 Å². The highest BCUT2D eigenvalue weighted by molar-refractivity contribution is 5.94. The maximum Gasteiger partial charge on any atom is 0.435 e. The van der Waals surface area contributed by atoms with Gasteiger partial charge in [-0.2, -0.15) is 18.3 Å². The van der Waals surface area contributed by atoms with Crippen LogP contribution in [-0.4, -0.2) is 33.4 Å². The number of nitrogens with one attached hydrogen (secondary N) is 1. The van der Waals surface area contributed by atoms with Crippen LogP contribution in [0.4, 0.5) is 13.2 Å². The van der Waals surface area contributed by atoms with Gasteiger partial charge in [0.25, 0.3) is 5.91 Å². The van der Waals surface area contributed by atoms with Gasteiger partial charge >= 0.3 is 6.18 Å². The number of alkyl halides is 3. The van der Waals surface area contributed by atoms with E-state index in [1.165, 1.54) is 30.5 Å². The highest BCUT2D eigenvalue weighted by Gasteiger charge is 2.33. The molecule has 2 rings (SSSR count). The topological polar surface area (TPSA) is 67.2 Å². The summed E-state index contributed by atoms with van der Waals surface area (Å²) in [7, 11) is 0. The number of hydrogen-bond acceptors (Lipinski definition) is 3. The molecule has 0 spiro atoms. The number of benzene rings is 1. The van der Waals surface area contributed by atoms with E-state index in [-0.39, 0.29) is 5.91 Å². The number of aromatic nitrogens is 2. The number of aliphatic hydroxyl groups excluding tert-OH is 1. The first-order chi connectivity index (χ1) is 11.3. The van der Waals surface area contributed by atoms with Crippen LogP contribution in [0.3, 0.4) is 0 Å². The molecular formula is C16H18F3N3O2. The minimum Gasteiger partial charge on any atom is -0.393 e. The summed E-state index contributed by atoms with van der Waals surface area (Å²) in [6.45, 7) is 2.20. The van der Waals surface area contributed by atoms with Gasteiger partial charge in [-0.3, -0.25) is 4.79 Å². The molecule has 2 N–H and O–H groups in total. The molecule has 0 fully saturated rings. The maximum atomic E-state index is 12.5. The van der Waals surface area contributed by atoms with Gasteiger partial charge in [-0.05, 0) is 43.2 Å². The molecule has 130 valence electrons. The van der Waals surface area contributed by atoms with Gasteiger partial charge in [0.2, 0.25) is 0 Å². The van der Waals surface area contributed by atoms with E-state index >= 15 is 0 Å². The second-order valence-electron chi connectivity index (χ2n) is 5.30. The first-order valence-electron chi connectivity index (χ1n) is 7.51. The Labute approximate surface area is 137 Å². The number of aliphatic hydroxyl groups is 1. The molecule has 2 aromatic rings. The smallest absolute Gasteiger partial charge is 0.393 e. The predicted molar refractivity (Wildman–Crippen MR) is 81.8 cm³/mol. The Hall–Kier alpha value is -2.35. The molecule has 0 radical (unpaired) electrons. The molecule has 1 atom stereocenters. The van der Waals surface area contributed by atoms with Crippen molar-refractivity contribution >= 4 is 5.91 Å². The molecule has 24 heavy (non-hydrogen) atoms. The summed E-state index contributed by atoms with van der Waals surface area (Å²) < 4.78 is 38.7. The third-order valence-corrected chi connectivity index (χ3v) is 3.51. The first-order valence-corrected chi connectivity index (χ1v) is 7.51. The van der Waals surface area contributed by atoms with Crippen molar-refractivity contribution in [2.75, 3.05) is 6.54 Å². The summed E-state index contributed by atoms with van der Waals surface area (Å²) in [6, 6.07) is 6.94. The number of carbonyl (C=O) groups excluding carboxylic acids is 1. The molecular weight excluding hydrogens is 323 g/mol. The van der Waals surface area contributed by atoms with Crippen molar-refractivity contribution in [3.8, 4) is 5.69 Å². The molecule has 1 heterocycles. The van der Waals surface area contributed by atoms with Crippen molar-refractivity contribution in [2.24, 2.45) is 0 Å². The predicted octanol–water partition coefficient (Wildman–Crippen LogP) is 2.78. The van der Waals surface area contributed by atoms with Crippen molar-refractivity contribution in [3.05, 3.63) is 47.8 Å². The lowest BCUT2D eigenvalue weighted by atomic mass is 10.1. The molecule has 0 aliphatic carbocycles. The molecule has 0 aliphatic heterocycles. The summed E-state index contributed by atoms with van der Waals surface area (Å²) in [5.41, 5.74) is -0.171. The van der Waals surface area contributed by atoms with E-state index in [1.807, 2.05) is 6.92 Å². The van der Waals surface area contributed by atoms with E-state index in [1.54, 1.807) is 0 Å². The van der Waals surface area contributed by atoms with Crippen LogP contribution in [0, 0.1) is 0 Å². The van der Waals surface area contributed by atoms with E-state index in [9.17, 15) is 23.1 Å². The van der Waals surface area contributed by atoms with Crippen LogP contribution < -0.4 is 5.32 Å². The molecule has 8 heteroatoms. The number of nitrogens with zero attached hydrogens (tertiary/aromatic N) is 2. The highest BCUT2D eigenvalue weighted by Crippen LogP contribution is 2.27. The number of hydrogen-bond donors (Lipinski definition) is 2. The van der Waals surface area contributed by atoms with E-state index in [0.717, 1.165) is 10.7 Å². The minimum atomic E-state index is -4.49. The fourth-order valence-corrected chi connectivity index (χ4v) is 2.04. The lowest BCUT2D eigenvalue weighted by molar-refractivity contribution is -0.141. The summed E-state index contributed by atoms with van der Waals surface area (Å²) >= 11 is 0. The largest absolute Gasteiger partial charge is 0.435 e. The van der Waals surface area contributed by atoms with Crippen LogP contribution in [0.15, 0.2) is 36.5 Å². The van der Waals surface area contributed by atoms with Gasteiger partial charge < -0.3 is 10.4 Å². The second-order valence-corrected chi connectivity index (χ2v) is 5.30. The fourth-order valence-electron chi connectivity index (χ4n) is 2.04. The lowest BCUT2D eigenvalue weighted by Crippen LogP contribution is -2.27. The maximum absolute atomic E-state index is 12.5. The van der Waals surface area contributed by atoms with Crippen molar-refractivity contribution < 1.29 is 23.1 Å². The second kappa shape index (κ2) is 7.48. The van der Waals surface area contributed by atoms with E-state index in [4.69, 9.17) is 0 Å². The SMILES string of the molecule is CCC(O)CCNC(=O)c1ccc(-n2ccc(C(F)(F)F)n2)cc1. The van der Waals surface area contributed by atoms with Crippen molar-refractivity contribution in [1.82, 2.24) is 15.1 Å². The Morgan fingerprint density at radius 1 is 1.29 bits per heavy atom. The van der Waals surface area contributed by atoms with E-state index in [2.05, 4.69) is 10.4 Å². The molecule has 0 saturated carbocycles. The molecule has 0 aliphatic rings. The average molecular weight is 341 g/mol. The zero-order chi connectivity index (χ0) is 17.7. The van der Waals surface area contributed by atoms with Gasteiger partial charge in [-0.25, -0.2) is 4.68 Å². The van der Waals surface area contributed by atoms with Crippen LogP contribution >= 0.6 is 0 Å². The molecule has 1 amide bonds. The van der Waals surface area contributed by atoms with Gasteiger partial charge in [0.15, 0.2) is 5.69 Å². The Morgan fingerprint density at radius 2 is 1.96 bits per heavy atom. The number of amides is 1. The Morgan fingerprint density at radius 3 is 2.50 bits per heavy atom. The summed E-state index contributed by atoms with van der Waals surface area (Å²) in [5, 5.41) is 15.6. The molecule has 1 aromatic heterocycles. The molecule has 1 unspecified atom stereocenters. The van der Waals surface area contributed by atoms with Gasteiger partial charge in [0.05, 0.1) is 11.8 Å². The van der Waals surface area contributed by atoms with Crippen LogP contribution in [0.25, 0.3) is 5.69 Å². The summed E-state index contributed by atoms with van der Waals surface area (Å²) in [5.74, 6) is -0.304. The van der Waals surface area contributed by atoms with Crippen molar-refractivity contribution in [3.63, 3.8) is 0 Å². The molecule has 5 nitrogen and oxygen atoms in total. The average Bonchev–Trinajstić information content (AvgIpc) is 3.05. The van der Waals surface area contributed by atoms with Crippen LogP contribution in [0.2, 0.25) is 0 Å². The number of carbonyl (C=O) groups is 1. The Balaban J connectivity index is 2.00. The number of halogens is 3. The third-order valence-electron chi connectivity index (χ3n) is 3.51. The number of rotatable bonds is 6. The molecule has 0 saturated heterocycles. The van der Waals surface area contributed by atoms with Gasteiger partial charge in [0, 0.05) is 18.3 Å². The minimum absolute atomic E-state index is 0.304. The molecule has 1 aromatic carbocycles. The van der Waals surface area contributed by atoms with Crippen LogP contribution in [0.1, 0.15) is 35.8 Å². The van der Waals surface area contributed by atoms with Gasteiger partial charge in [-0.15, -0.1) is 0 Å². The molecule has 0 bridgehead atoms. The summed E-state index contributed by atoms with van der Waals surface area (Å²) in [4.78, 5) is 11.9. The lowest BCUT2D eigenvalue weighted by Gasteiger charge is -2.09. The zero-order valence-electron chi connectivity index (χ0n) is 13.0. The monoisotopic (exact) mass is 341 g/mol. The van der Waals surface area contributed by atoms with E-state index < -0.39 is 18.0 Å². The van der Waals surface area contributed by atoms with Crippen molar-refractivity contribution in [1.29, 1.82) is 0 Å². The first kappa shape index (κ1) is 18.0. The zero-order valence-corrected chi connectivity index (χ0v) is 13.0. The standard InChI is InChI=1S/C16H18F3N3O2/c1-2-13(23)7-9-20-15(24)11-3-5-12(6-4-11)22-10-8-14(21-22)16(17,18)19/h3-6,8,10,13,23H,2,7,9H2,1H3,(H,20,24). The van der Waals surface area contributed by atoms with Gasteiger partial charge in [-0.1, -0.05) is 6.92 Å². The Kier molecular flexibility index (Phi) is 5.61. The van der Waals surface area contributed by atoms with Crippen molar-refractivity contribution in [2.45, 2.75) is 32.0 Å². The fraction of sp³-hybridized carbons (Fsp3) is 0.375. The van der Waals surface area contributed by atoms with Crippen LogP contribution in [0.5, 0.6) is 0 Å². The van der Waals surface area contributed by atoms with E-state index in [0.29, 0.717) is 30.6 Å². The normalized spacial score (nSPS) is 12.9. The third kappa shape index (κ3) is 4.58. The van der Waals surface area contributed by atoms with Gasteiger partial charge in [0.1, 0.15) is 0 Å². The highest BCUT2D eigenvalue weighted by atomic mass is 19.4. The Bertz CT molecular complexity index is 681.